The summed E-state index contributed by atoms with van der Waals surface area (Å²) in [5, 5.41) is 6.46. The molecule has 0 unspecified atom stereocenters. The molecule has 0 aromatic carbocycles. The van der Waals surface area contributed by atoms with E-state index < -0.39 is 11.6 Å². The lowest BCUT2D eigenvalue weighted by molar-refractivity contribution is -0.219. The number of hydrogen-bond donors (Lipinski definition) is 1. The highest BCUT2D eigenvalue weighted by molar-refractivity contribution is 5.37. The van der Waals surface area contributed by atoms with Gasteiger partial charge in [-0.2, -0.15) is 18.3 Å². The Morgan fingerprint density at radius 2 is 2.25 bits per heavy atom. The van der Waals surface area contributed by atoms with Crippen LogP contribution < -0.4 is 4.90 Å². The first-order valence-corrected chi connectivity index (χ1v) is 5.23. The number of rotatable bonds is 1. The van der Waals surface area contributed by atoms with Gasteiger partial charge in [-0.1, -0.05) is 0 Å². The van der Waals surface area contributed by atoms with Gasteiger partial charge < -0.3 is 4.90 Å². The third kappa shape index (κ3) is 1.88. The molecule has 2 heterocycles. The number of H-pyrrole nitrogens is 1. The van der Waals surface area contributed by atoms with Gasteiger partial charge in [0.15, 0.2) is 0 Å². The molecule has 90 valence electrons. The van der Waals surface area contributed by atoms with E-state index in [2.05, 4.69) is 10.2 Å². The lowest BCUT2D eigenvalue weighted by atomic mass is 9.81. The highest BCUT2D eigenvalue weighted by Gasteiger charge is 2.52. The Hall–Kier alpha value is -1.20. The molecule has 1 aliphatic heterocycles. The van der Waals surface area contributed by atoms with Crippen molar-refractivity contribution in [2.75, 3.05) is 18.0 Å². The lowest BCUT2D eigenvalue weighted by Crippen LogP contribution is -2.49. The van der Waals surface area contributed by atoms with Crippen molar-refractivity contribution in [1.29, 1.82) is 0 Å². The molecule has 0 spiro atoms. The zero-order valence-electron chi connectivity index (χ0n) is 9.01. The van der Waals surface area contributed by atoms with Gasteiger partial charge in [0.2, 0.25) is 0 Å². The summed E-state index contributed by atoms with van der Waals surface area (Å²) in [5.41, 5.74) is -1.61. The van der Waals surface area contributed by atoms with E-state index >= 15 is 0 Å². The average molecular weight is 233 g/mol. The minimum absolute atomic E-state index is 0.00130. The summed E-state index contributed by atoms with van der Waals surface area (Å²) in [4.78, 5) is 1.71. The van der Waals surface area contributed by atoms with Crippen LogP contribution in [0.25, 0.3) is 0 Å². The van der Waals surface area contributed by atoms with Gasteiger partial charge in [-0.15, -0.1) is 0 Å². The molecule has 0 radical (unpaired) electrons. The Kier molecular flexibility index (Phi) is 2.59. The van der Waals surface area contributed by atoms with Crippen LogP contribution in [0, 0.1) is 5.41 Å². The fraction of sp³-hybridized carbons (Fsp3) is 0.700. The third-order valence-electron chi connectivity index (χ3n) is 3.21. The molecule has 1 fully saturated rings. The molecule has 1 aromatic heterocycles. The second kappa shape index (κ2) is 3.68. The van der Waals surface area contributed by atoms with Gasteiger partial charge in [-0.25, -0.2) is 0 Å². The minimum atomic E-state index is -4.15. The normalized spacial score (nSPS) is 27.1. The second-order valence-corrected chi connectivity index (χ2v) is 4.53. The molecule has 1 aromatic rings. The first-order valence-electron chi connectivity index (χ1n) is 5.23. The molecule has 0 amide bonds. The number of nitrogens with zero attached hydrogens (tertiary/aromatic N) is 2. The van der Waals surface area contributed by atoms with Crippen molar-refractivity contribution in [3.63, 3.8) is 0 Å². The predicted molar refractivity (Wildman–Crippen MR) is 54.2 cm³/mol. The number of halogens is 3. The van der Waals surface area contributed by atoms with Crippen LogP contribution in [0.4, 0.5) is 19.0 Å². The average Bonchev–Trinajstić information content (AvgIpc) is 2.68. The van der Waals surface area contributed by atoms with E-state index in [0.717, 1.165) is 0 Å². The molecule has 1 saturated heterocycles. The maximum absolute atomic E-state index is 12.9. The van der Waals surface area contributed by atoms with Crippen LogP contribution in [0.3, 0.4) is 0 Å². The first-order chi connectivity index (χ1) is 7.42. The molecule has 16 heavy (non-hydrogen) atoms. The summed E-state index contributed by atoms with van der Waals surface area (Å²) >= 11 is 0. The van der Waals surface area contributed by atoms with Gasteiger partial charge in [0, 0.05) is 19.2 Å². The molecule has 2 rings (SSSR count). The van der Waals surface area contributed by atoms with E-state index in [1.165, 1.54) is 6.92 Å². The monoisotopic (exact) mass is 233 g/mol. The SMILES string of the molecule is C[C@]1(C(F)(F)F)CCCN(c2ccn[nH]2)C1. The quantitative estimate of drug-likeness (QED) is 0.808. The fourth-order valence-corrected chi connectivity index (χ4v) is 2.10. The highest BCUT2D eigenvalue weighted by atomic mass is 19.4. The fourth-order valence-electron chi connectivity index (χ4n) is 2.10. The number of hydrogen-bond acceptors (Lipinski definition) is 2. The van der Waals surface area contributed by atoms with Gasteiger partial charge in [-0.3, -0.25) is 5.10 Å². The van der Waals surface area contributed by atoms with Crippen LogP contribution in [0.5, 0.6) is 0 Å². The van der Waals surface area contributed by atoms with E-state index in [1.54, 1.807) is 17.2 Å². The molecule has 1 N–H and O–H groups in total. The smallest absolute Gasteiger partial charge is 0.356 e. The number of nitrogens with one attached hydrogen (secondary N) is 1. The largest absolute Gasteiger partial charge is 0.395 e. The zero-order valence-corrected chi connectivity index (χ0v) is 9.01. The van der Waals surface area contributed by atoms with Crippen LogP contribution in [0.15, 0.2) is 12.3 Å². The second-order valence-electron chi connectivity index (χ2n) is 4.53. The van der Waals surface area contributed by atoms with E-state index in [1.807, 2.05) is 0 Å². The molecule has 0 bridgehead atoms. The zero-order chi connectivity index (χ0) is 11.8. The maximum atomic E-state index is 12.9. The third-order valence-corrected chi connectivity index (χ3v) is 3.21. The van der Waals surface area contributed by atoms with Crippen LogP contribution >= 0.6 is 0 Å². The molecule has 0 saturated carbocycles. The number of aromatic amines is 1. The lowest BCUT2D eigenvalue weighted by Gasteiger charge is -2.41. The van der Waals surface area contributed by atoms with Gasteiger partial charge in [0.05, 0.1) is 11.6 Å². The van der Waals surface area contributed by atoms with Crippen molar-refractivity contribution in [1.82, 2.24) is 10.2 Å². The van der Waals surface area contributed by atoms with Crippen molar-refractivity contribution in [3.8, 4) is 0 Å². The number of anilines is 1. The molecule has 1 atom stereocenters. The van der Waals surface area contributed by atoms with Crippen molar-refractivity contribution in [2.24, 2.45) is 5.41 Å². The number of aromatic nitrogens is 2. The van der Waals surface area contributed by atoms with E-state index in [-0.39, 0.29) is 13.0 Å². The summed E-state index contributed by atoms with van der Waals surface area (Å²) in [6.07, 6.45) is -1.85. The summed E-state index contributed by atoms with van der Waals surface area (Å²) in [5.74, 6) is 0.662. The number of alkyl halides is 3. The molecule has 6 heteroatoms. The van der Waals surface area contributed by atoms with Crippen LogP contribution in [0.2, 0.25) is 0 Å². The molecule has 1 aliphatic rings. The van der Waals surface area contributed by atoms with Crippen molar-refractivity contribution in [3.05, 3.63) is 12.3 Å². The topological polar surface area (TPSA) is 31.9 Å². The molecule has 3 nitrogen and oxygen atoms in total. The van der Waals surface area contributed by atoms with Gasteiger partial charge in [0.1, 0.15) is 5.82 Å². The highest BCUT2D eigenvalue weighted by Crippen LogP contribution is 2.44. The van der Waals surface area contributed by atoms with E-state index in [9.17, 15) is 13.2 Å². The van der Waals surface area contributed by atoms with E-state index in [4.69, 9.17) is 0 Å². The Balaban J connectivity index is 2.16. The summed E-state index contributed by atoms with van der Waals surface area (Å²) in [7, 11) is 0. The molecular formula is C10H14F3N3. The Bertz CT molecular complexity index is 347. The van der Waals surface area contributed by atoms with Crippen molar-refractivity contribution >= 4 is 5.82 Å². The van der Waals surface area contributed by atoms with Crippen molar-refractivity contribution < 1.29 is 13.2 Å². The summed E-state index contributed by atoms with van der Waals surface area (Å²) in [6, 6.07) is 1.70. The molecule has 0 aliphatic carbocycles. The van der Waals surface area contributed by atoms with Crippen LogP contribution in [0.1, 0.15) is 19.8 Å². The summed E-state index contributed by atoms with van der Waals surface area (Å²) < 4.78 is 38.7. The van der Waals surface area contributed by atoms with E-state index in [0.29, 0.717) is 18.8 Å². The maximum Gasteiger partial charge on any atom is 0.395 e. The van der Waals surface area contributed by atoms with Crippen LogP contribution in [-0.4, -0.2) is 29.5 Å². The van der Waals surface area contributed by atoms with Gasteiger partial charge >= 0.3 is 6.18 Å². The summed E-state index contributed by atoms with van der Waals surface area (Å²) in [6.45, 7) is 1.93. The Morgan fingerprint density at radius 1 is 1.50 bits per heavy atom. The van der Waals surface area contributed by atoms with Gasteiger partial charge in [0.25, 0.3) is 0 Å². The molecular weight excluding hydrogens is 219 g/mol. The predicted octanol–water partition coefficient (Wildman–Crippen LogP) is 2.58. The number of piperidine rings is 1. The standard InChI is InChI=1S/C10H14F3N3/c1-9(10(11,12)13)4-2-6-16(7-9)8-3-5-14-15-8/h3,5H,2,4,6-7H2,1H3,(H,14,15)/t9-/m0/s1. The first kappa shape index (κ1) is 11.3. The Morgan fingerprint density at radius 3 is 2.81 bits per heavy atom. The Labute approximate surface area is 91.6 Å². The van der Waals surface area contributed by atoms with Crippen LogP contribution in [-0.2, 0) is 0 Å². The minimum Gasteiger partial charge on any atom is -0.356 e. The van der Waals surface area contributed by atoms with Gasteiger partial charge in [-0.05, 0) is 19.8 Å². The van der Waals surface area contributed by atoms with Crippen molar-refractivity contribution in [2.45, 2.75) is 25.9 Å².